The van der Waals surface area contributed by atoms with Crippen LogP contribution in [0.5, 0.6) is 0 Å². The molecule has 2 aromatic rings. The second-order valence-electron chi connectivity index (χ2n) is 3.81. The van der Waals surface area contributed by atoms with Crippen LogP contribution in [0.4, 0.5) is 0 Å². The molecule has 0 aliphatic heterocycles. The van der Waals surface area contributed by atoms with Gasteiger partial charge in [-0.15, -0.1) is 0 Å². The van der Waals surface area contributed by atoms with Crippen molar-refractivity contribution in [3.05, 3.63) is 29.6 Å². The lowest BCUT2D eigenvalue weighted by molar-refractivity contribution is 0.600. The van der Waals surface area contributed by atoms with Gasteiger partial charge in [0.25, 0.3) is 0 Å². The summed E-state index contributed by atoms with van der Waals surface area (Å²) in [4.78, 5) is 7.18. The Morgan fingerprint density at radius 2 is 2.19 bits per heavy atom. The molecule has 0 aliphatic carbocycles. The van der Waals surface area contributed by atoms with Crippen molar-refractivity contribution in [3.8, 4) is 0 Å². The molecule has 6 heteroatoms. The Morgan fingerprint density at radius 3 is 2.81 bits per heavy atom. The first-order chi connectivity index (χ1) is 7.48. The first-order valence-corrected chi connectivity index (χ1v) is 6.89. The fourth-order valence-corrected chi connectivity index (χ4v) is 2.19. The van der Waals surface area contributed by atoms with Crippen LogP contribution < -0.4 is 5.73 Å². The lowest BCUT2D eigenvalue weighted by atomic mass is 10.2. The molecule has 0 amide bonds. The van der Waals surface area contributed by atoms with Crippen LogP contribution in [0.15, 0.2) is 18.2 Å². The van der Waals surface area contributed by atoms with Crippen LogP contribution in [-0.2, 0) is 22.1 Å². The molecule has 2 rings (SSSR count). The van der Waals surface area contributed by atoms with E-state index in [1.165, 1.54) is 6.26 Å². The number of hydrogen-bond acceptors (Lipinski definition) is 4. The van der Waals surface area contributed by atoms with Gasteiger partial charge in [-0.2, -0.15) is 0 Å². The average Bonchev–Trinajstić information content (AvgIpc) is 2.55. The van der Waals surface area contributed by atoms with E-state index in [1.54, 1.807) is 0 Å². The fourth-order valence-electron chi connectivity index (χ4n) is 1.55. The van der Waals surface area contributed by atoms with Gasteiger partial charge >= 0.3 is 0 Å². The molecule has 3 N–H and O–H groups in total. The van der Waals surface area contributed by atoms with Crippen molar-refractivity contribution in [2.45, 2.75) is 12.3 Å². The number of sulfone groups is 1. The van der Waals surface area contributed by atoms with Gasteiger partial charge in [-0.25, -0.2) is 13.4 Å². The number of hydrogen-bond donors (Lipinski definition) is 2. The van der Waals surface area contributed by atoms with E-state index < -0.39 is 9.84 Å². The molecule has 0 unspecified atom stereocenters. The van der Waals surface area contributed by atoms with Crippen molar-refractivity contribution in [1.82, 2.24) is 9.97 Å². The monoisotopic (exact) mass is 239 g/mol. The Kier molecular flexibility index (Phi) is 2.69. The van der Waals surface area contributed by atoms with Gasteiger partial charge in [0.2, 0.25) is 0 Å². The van der Waals surface area contributed by atoms with Gasteiger partial charge in [-0.3, -0.25) is 0 Å². The predicted molar refractivity (Wildman–Crippen MR) is 62.5 cm³/mol. The molecule has 0 spiro atoms. The Labute approximate surface area is 93.6 Å². The summed E-state index contributed by atoms with van der Waals surface area (Å²) in [5, 5.41) is 0. The summed E-state index contributed by atoms with van der Waals surface area (Å²) < 4.78 is 22.2. The third-order valence-electron chi connectivity index (χ3n) is 2.23. The molecule has 1 aromatic carbocycles. The largest absolute Gasteiger partial charge is 0.341 e. The molecule has 0 atom stereocenters. The molecule has 1 aromatic heterocycles. The minimum Gasteiger partial charge on any atom is -0.341 e. The van der Waals surface area contributed by atoms with E-state index in [0.717, 1.165) is 16.6 Å². The first-order valence-electron chi connectivity index (χ1n) is 4.83. The van der Waals surface area contributed by atoms with Crippen LogP contribution in [0.25, 0.3) is 11.0 Å². The number of nitrogens with zero attached hydrogens (tertiary/aromatic N) is 1. The number of aromatic amines is 1. The van der Waals surface area contributed by atoms with Gasteiger partial charge in [0.05, 0.1) is 11.0 Å². The lowest BCUT2D eigenvalue weighted by Gasteiger charge is -1.94. The molecule has 0 aliphatic rings. The van der Waals surface area contributed by atoms with Crippen molar-refractivity contribution in [3.63, 3.8) is 0 Å². The molecule has 5 nitrogen and oxygen atoms in total. The molecule has 16 heavy (non-hydrogen) atoms. The highest BCUT2D eigenvalue weighted by atomic mass is 32.2. The van der Waals surface area contributed by atoms with Crippen LogP contribution in [0.2, 0.25) is 0 Å². The fraction of sp³-hybridized carbons (Fsp3) is 0.300. The van der Waals surface area contributed by atoms with Crippen molar-refractivity contribution in [2.75, 3.05) is 6.26 Å². The van der Waals surface area contributed by atoms with E-state index >= 15 is 0 Å². The van der Waals surface area contributed by atoms with Gasteiger partial charge < -0.3 is 10.7 Å². The highest BCUT2D eigenvalue weighted by Crippen LogP contribution is 2.14. The summed E-state index contributed by atoms with van der Waals surface area (Å²) in [6, 6.07) is 5.60. The van der Waals surface area contributed by atoms with Gasteiger partial charge in [0, 0.05) is 12.8 Å². The third kappa shape index (κ3) is 2.40. The molecule has 0 saturated heterocycles. The molecule has 1 heterocycles. The maximum Gasteiger partial charge on any atom is 0.154 e. The highest BCUT2D eigenvalue weighted by molar-refractivity contribution is 7.89. The number of rotatable bonds is 3. The standard InChI is InChI=1S/C10H13N3O2S/c1-16(14,15)6-10-12-8-3-2-7(5-11)4-9(8)13-10/h2-4H,5-6,11H2,1H3,(H,12,13). The summed E-state index contributed by atoms with van der Waals surface area (Å²) >= 11 is 0. The molecule has 0 saturated carbocycles. The maximum atomic E-state index is 11.1. The number of aromatic nitrogens is 2. The van der Waals surface area contributed by atoms with Crippen molar-refractivity contribution >= 4 is 20.9 Å². The van der Waals surface area contributed by atoms with Crippen LogP contribution in [0.3, 0.4) is 0 Å². The van der Waals surface area contributed by atoms with Crippen molar-refractivity contribution in [2.24, 2.45) is 5.73 Å². The Morgan fingerprint density at radius 1 is 1.44 bits per heavy atom. The summed E-state index contributed by atoms with van der Waals surface area (Å²) in [5.41, 5.74) is 8.09. The van der Waals surface area contributed by atoms with Crippen LogP contribution in [0, 0.1) is 0 Å². The quantitative estimate of drug-likeness (QED) is 0.819. The molecule has 0 radical (unpaired) electrons. The second kappa shape index (κ2) is 3.88. The number of H-pyrrole nitrogens is 1. The predicted octanol–water partition coefficient (Wildman–Crippen LogP) is 0.566. The van der Waals surface area contributed by atoms with Gasteiger partial charge in [0.15, 0.2) is 9.84 Å². The van der Waals surface area contributed by atoms with E-state index in [9.17, 15) is 8.42 Å². The summed E-state index contributed by atoms with van der Waals surface area (Å²) in [6.07, 6.45) is 1.19. The molecule has 0 fully saturated rings. The number of benzene rings is 1. The van der Waals surface area contributed by atoms with E-state index in [2.05, 4.69) is 9.97 Å². The molecular weight excluding hydrogens is 226 g/mol. The van der Waals surface area contributed by atoms with E-state index in [4.69, 9.17) is 5.73 Å². The number of nitrogens with one attached hydrogen (secondary N) is 1. The topological polar surface area (TPSA) is 88.8 Å². The van der Waals surface area contributed by atoms with Crippen LogP contribution in [-0.4, -0.2) is 24.6 Å². The summed E-state index contributed by atoms with van der Waals surface area (Å²) in [7, 11) is -3.06. The second-order valence-corrected chi connectivity index (χ2v) is 5.95. The maximum absolute atomic E-state index is 11.1. The van der Waals surface area contributed by atoms with E-state index in [0.29, 0.717) is 12.4 Å². The summed E-state index contributed by atoms with van der Waals surface area (Å²) in [6.45, 7) is 0.455. The Bertz CT molecular complexity index is 616. The SMILES string of the molecule is CS(=O)(=O)Cc1nc2ccc(CN)cc2[nH]1. The first kappa shape index (κ1) is 11.1. The zero-order valence-corrected chi connectivity index (χ0v) is 9.71. The highest BCUT2D eigenvalue weighted by Gasteiger charge is 2.09. The van der Waals surface area contributed by atoms with Gasteiger partial charge in [-0.05, 0) is 17.7 Å². The van der Waals surface area contributed by atoms with E-state index in [1.807, 2.05) is 18.2 Å². The van der Waals surface area contributed by atoms with Crippen molar-refractivity contribution < 1.29 is 8.42 Å². The molecule has 86 valence electrons. The minimum absolute atomic E-state index is 0.0698. The van der Waals surface area contributed by atoms with E-state index in [-0.39, 0.29) is 5.75 Å². The van der Waals surface area contributed by atoms with Crippen LogP contribution >= 0.6 is 0 Å². The molecule has 0 bridgehead atoms. The molecular formula is C10H13N3O2S. The van der Waals surface area contributed by atoms with Crippen molar-refractivity contribution in [1.29, 1.82) is 0 Å². The lowest BCUT2D eigenvalue weighted by Crippen LogP contribution is -2.01. The number of nitrogens with two attached hydrogens (primary N) is 1. The zero-order valence-electron chi connectivity index (χ0n) is 8.90. The zero-order chi connectivity index (χ0) is 11.8. The Hall–Kier alpha value is -1.40. The number of imidazole rings is 1. The third-order valence-corrected chi connectivity index (χ3v) is 3.03. The smallest absolute Gasteiger partial charge is 0.154 e. The summed E-state index contributed by atoms with van der Waals surface area (Å²) in [5.74, 6) is 0.395. The number of fused-ring (bicyclic) bond motifs is 1. The van der Waals surface area contributed by atoms with Crippen LogP contribution in [0.1, 0.15) is 11.4 Å². The average molecular weight is 239 g/mol. The normalized spacial score (nSPS) is 12.1. The van der Waals surface area contributed by atoms with Gasteiger partial charge in [0.1, 0.15) is 11.6 Å². The minimum atomic E-state index is -3.06. The van der Waals surface area contributed by atoms with Gasteiger partial charge in [-0.1, -0.05) is 6.07 Å². The Balaban J connectivity index is 2.44.